The van der Waals surface area contributed by atoms with Gasteiger partial charge in [0, 0.05) is 18.8 Å². The number of carbonyl (C=O) groups is 1. The van der Waals surface area contributed by atoms with Gasteiger partial charge in [0.2, 0.25) is 0 Å². The highest BCUT2D eigenvalue weighted by Gasteiger charge is 2.16. The molecule has 124 valence electrons. The number of hydrogen-bond donors (Lipinski definition) is 2. The van der Waals surface area contributed by atoms with Crippen molar-refractivity contribution in [2.75, 3.05) is 12.3 Å². The first-order chi connectivity index (χ1) is 11.3. The number of nitrogens with one attached hydrogen (secondary N) is 2. The maximum atomic E-state index is 12.0. The SMILES string of the molecule is O=C(NCCSc1cn[nH]n1)c1cn(CC2CCCCC2)nn1. The van der Waals surface area contributed by atoms with Crippen LogP contribution in [-0.4, -0.2) is 48.6 Å². The molecule has 0 saturated heterocycles. The monoisotopic (exact) mass is 335 g/mol. The normalized spacial score (nSPS) is 15.7. The highest BCUT2D eigenvalue weighted by Crippen LogP contribution is 2.24. The van der Waals surface area contributed by atoms with E-state index in [2.05, 4.69) is 31.0 Å². The highest BCUT2D eigenvalue weighted by atomic mass is 32.2. The quantitative estimate of drug-likeness (QED) is 0.587. The van der Waals surface area contributed by atoms with Gasteiger partial charge in [-0.2, -0.15) is 10.3 Å². The van der Waals surface area contributed by atoms with Crippen LogP contribution in [0.1, 0.15) is 42.6 Å². The lowest BCUT2D eigenvalue weighted by Gasteiger charge is -2.20. The lowest BCUT2D eigenvalue weighted by molar-refractivity contribution is 0.0951. The van der Waals surface area contributed by atoms with Crippen LogP contribution in [0.25, 0.3) is 0 Å². The number of rotatable bonds is 7. The zero-order valence-corrected chi connectivity index (χ0v) is 13.8. The maximum Gasteiger partial charge on any atom is 0.273 e. The Morgan fingerprint density at radius 3 is 3.04 bits per heavy atom. The zero-order valence-electron chi connectivity index (χ0n) is 12.9. The van der Waals surface area contributed by atoms with E-state index in [1.165, 1.54) is 43.9 Å². The van der Waals surface area contributed by atoms with Crippen molar-refractivity contribution in [1.29, 1.82) is 0 Å². The minimum absolute atomic E-state index is 0.180. The van der Waals surface area contributed by atoms with E-state index in [1.54, 1.807) is 17.1 Å². The molecule has 1 aliphatic rings. The van der Waals surface area contributed by atoms with Crippen LogP contribution in [-0.2, 0) is 6.54 Å². The lowest BCUT2D eigenvalue weighted by Crippen LogP contribution is -2.26. The molecule has 2 N–H and O–H groups in total. The minimum Gasteiger partial charge on any atom is -0.350 e. The van der Waals surface area contributed by atoms with Crippen LogP contribution in [0.5, 0.6) is 0 Å². The predicted octanol–water partition coefficient (Wildman–Crippen LogP) is 1.50. The fourth-order valence-electron chi connectivity index (χ4n) is 2.80. The summed E-state index contributed by atoms with van der Waals surface area (Å²) in [5.74, 6) is 1.22. The smallest absolute Gasteiger partial charge is 0.273 e. The molecule has 23 heavy (non-hydrogen) atoms. The number of H-pyrrole nitrogens is 1. The minimum atomic E-state index is -0.180. The molecule has 0 atom stereocenters. The van der Waals surface area contributed by atoms with Crippen LogP contribution >= 0.6 is 11.8 Å². The Morgan fingerprint density at radius 2 is 2.26 bits per heavy atom. The molecule has 0 aliphatic heterocycles. The summed E-state index contributed by atoms with van der Waals surface area (Å²) in [6, 6.07) is 0. The van der Waals surface area contributed by atoms with E-state index in [1.807, 2.05) is 0 Å². The topological polar surface area (TPSA) is 101 Å². The third-order valence-electron chi connectivity index (χ3n) is 3.97. The summed E-state index contributed by atoms with van der Waals surface area (Å²) in [4.78, 5) is 12.0. The van der Waals surface area contributed by atoms with Gasteiger partial charge in [-0.3, -0.25) is 9.48 Å². The van der Waals surface area contributed by atoms with Gasteiger partial charge in [-0.1, -0.05) is 24.5 Å². The van der Waals surface area contributed by atoms with Crippen molar-refractivity contribution in [3.63, 3.8) is 0 Å². The molecule has 1 aliphatic carbocycles. The molecular weight excluding hydrogens is 314 g/mol. The van der Waals surface area contributed by atoms with Gasteiger partial charge in [0.1, 0.15) is 5.03 Å². The molecule has 2 heterocycles. The van der Waals surface area contributed by atoms with Gasteiger partial charge in [0.25, 0.3) is 5.91 Å². The van der Waals surface area contributed by atoms with Crippen LogP contribution in [0, 0.1) is 5.92 Å². The molecule has 0 unspecified atom stereocenters. The van der Waals surface area contributed by atoms with Gasteiger partial charge in [-0.05, 0) is 18.8 Å². The summed E-state index contributed by atoms with van der Waals surface area (Å²) in [6.07, 6.45) is 9.85. The number of carbonyl (C=O) groups excluding carboxylic acids is 1. The molecule has 0 spiro atoms. The fourth-order valence-corrected chi connectivity index (χ4v) is 3.44. The van der Waals surface area contributed by atoms with E-state index in [0.29, 0.717) is 18.2 Å². The molecule has 8 nitrogen and oxygen atoms in total. The van der Waals surface area contributed by atoms with E-state index in [4.69, 9.17) is 0 Å². The fraction of sp³-hybridized carbons (Fsp3) is 0.643. The molecule has 9 heteroatoms. The average Bonchev–Trinajstić information content (AvgIpc) is 3.24. The summed E-state index contributed by atoms with van der Waals surface area (Å²) in [5, 5.41) is 21.9. The van der Waals surface area contributed by atoms with E-state index < -0.39 is 0 Å². The zero-order chi connectivity index (χ0) is 15.9. The average molecular weight is 335 g/mol. The van der Waals surface area contributed by atoms with Crippen LogP contribution in [0.3, 0.4) is 0 Å². The van der Waals surface area contributed by atoms with Crippen molar-refractivity contribution in [2.24, 2.45) is 5.92 Å². The molecule has 1 saturated carbocycles. The standard InChI is InChI=1S/C14H21N7OS/c22-14(15-6-7-23-13-8-16-19-18-13)12-10-21(20-17-12)9-11-4-2-1-3-5-11/h8,10-11H,1-7,9H2,(H,15,22)(H,16,18,19). The second-order valence-corrected chi connectivity index (χ2v) is 6.86. The summed E-state index contributed by atoms with van der Waals surface area (Å²) in [7, 11) is 0. The number of amides is 1. The molecule has 0 bridgehead atoms. The van der Waals surface area contributed by atoms with Gasteiger partial charge in [-0.15, -0.1) is 22.0 Å². The number of hydrogen-bond acceptors (Lipinski definition) is 6. The molecule has 0 radical (unpaired) electrons. The van der Waals surface area contributed by atoms with Crippen LogP contribution in [0.4, 0.5) is 0 Å². The molecule has 1 amide bonds. The van der Waals surface area contributed by atoms with Crippen molar-refractivity contribution < 1.29 is 4.79 Å². The van der Waals surface area contributed by atoms with Crippen LogP contribution in [0.2, 0.25) is 0 Å². The predicted molar refractivity (Wildman–Crippen MR) is 86.0 cm³/mol. The van der Waals surface area contributed by atoms with E-state index >= 15 is 0 Å². The largest absolute Gasteiger partial charge is 0.350 e. The molecular formula is C14H21N7OS. The van der Waals surface area contributed by atoms with Gasteiger partial charge in [0.15, 0.2) is 5.69 Å². The maximum absolute atomic E-state index is 12.0. The molecule has 3 rings (SSSR count). The number of aromatic amines is 1. The summed E-state index contributed by atoms with van der Waals surface area (Å²) >= 11 is 1.53. The first-order valence-corrected chi connectivity index (χ1v) is 8.97. The summed E-state index contributed by atoms with van der Waals surface area (Å²) < 4.78 is 1.80. The van der Waals surface area contributed by atoms with Crippen molar-refractivity contribution in [2.45, 2.75) is 43.7 Å². The van der Waals surface area contributed by atoms with Crippen molar-refractivity contribution in [3.8, 4) is 0 Å². The van der Waals surface area contributed by atoms with Gasteiger partial charge < -0.3 is 5.32 Å². The summed E-state index contributed by atoms with van der Waals surface area (Å²) in [5.41, 5.74) is 0.382. The Labute approximate surface area is 138 Å². The molecule has 2 aromatic rings. The third kappa shape index (κ3) is 4.78. The van der Waals surface area contributed by atoms with Crippen molar-refractivity contribution in [1.82, 2.24) is 35.7 Å². The Balaban J connectivity index is 1.40. The van der Waals surface area contributed by atoms with Crippen molar-refractivity contribution in [3.05, 3.63) is 18.1 Å². The van der Waals surface area contributed by atoms with E-state index in [9.17, 15) is 4.79 Å². The van der Waals surface area contributed by atoms with Gasteiger partial charge in [-0.25, -0.2) is 0 Å². The van der Waals surface area contributed by atoms with E-state index in [-0.39, 0.29) is 5.91 Å². The first kappa shape index (κ1) is 16.0. The highest BCUT2D eigenvalue weighted by molar-refractivity contribution is 7.99. The van der Waals surface area contributed by atoms with Crippen LogP contribution in [0.15, 0.2) is 17.4 Å². The Kier molecular flexibility index (Phi) is 5.62. The number of nitrogens with zero attached hydrogens (tertiary/aromatic N) is 5. The third-order valence-corrected chi connectivity index (χ3v) is 4.87. The first-order valence-electron chi connectivity index (χ1n) is 7.98. The Morgan fingerprint density at radius 1 is 1.39 bits per heavy atom. The lowest BCUT2D eigenvalue weighted by atomic mass is 9.89. The molecule has 0 aromatic carbocycles. The molecule has 1 fully saturated rings. The number of aromatic nitrogens is 6. The Hall–Kier alpha value is -1.90. The second-order valence-electron chi connectivity index (χ2n) is 5.74. The second kappa shape index (κ2) is 8.09. The number of thioether (sulfide) groups is 1. The van der Waals surface area contributed by atoms with Crippen LogP contribution < -0.4 is 5.32 Å². The molecule has 2 aromatic heterocycles. The van der Waals surface area contributed by atoms with Gasteiger partial charge in [0.05, 0.1) is 12.4 Å². The Bertz CT molecular complexity index is 606. The van der Waals surface area contributed by atoms with E-state index in [0.717, 1.165) is 17.3 Å². The van der Waals surface area contributed by atoms with Gasteiger partial charge >= 0.3 is 0 Å². The summed E-state index contributed by atoms with van der Waals surface area (Å²) in [6.45, 7) is 1.41. The van der Waals surface area contributed by atoms with Crippen molar-refractivity contribution >= 4 is 17.7 Å².